The normalized spacial score (nSPS) is 10.9. The molecule has 112 valence electrons. The van der Waals surface area contributed by atoms with Crippen LogP contribution in [0.2, 0.25) is 5.02 Å². The molecule has 0 aliphatic rings. The summed E-state index contributed by atoms with van der Waals surface area (Å²) < 4.78 is 0. The fraction of sp³-hybridized carbons (Fsp3) is 0.176. The van der Waals surface area contributed by atoms with Crippen LogP contribution in [0.15, 0.2) is 36.4 Å². The van der Waals surface area contributed by atoms with Crippen molar-refractivity contribution in [3.63, 3.8) is 0 Å². The van der Waals surface area contributed by atoms with Crippen LogP contribution >= 0.6 is 11.6 Å². The van der Waals surface area contributed by atoms with Gasteiger partial charge in [-0.05, 0) is 36.8 Å². The molecule has 3 rings (SSSR count). The Balaban J connectivity index is 2.00. The highest BCUT2D eigenvalue weighted by atomic mass is 35.5. The van der Waals surface area contributed by atoms with Gasteiger partial charge < -0.3 is 10.3 Å². The summed E-state index contributed by atoms with van der Waals surface area (Å²) in [5.74, 6) is 0.744. The molecule has 0 saturated heterocycles. The summed E-state index contributed by atoms with van der Waals surface area (Å²) in [6.07, 6.45) is 0.451. The minimum atomic E-state index is -0.0100. The number of carbonyl (C=O) groups excluding carboxylic acids is 1. The molecule has 1 heterocycles. The van der Waals surface area contributed by atoms with E-state index in [2.05, 4.69) is 15.3 Å². The maximum atomic E-state index is 11.5. The number of fused-ring (bicyclic) bond motifs is 1. The van der Waals surface area contributed by atoms with Gasteiger partial charge in [0.25, 0.3) is 0 Å². The highest BCUT2D eigenvalue weighted by Crippen LogP contribution is 2.26. The van der Waals surface area contributed by atoms with E-state index in [1.54, 1.807) is 0 Å². The van der Waals surface area contributed by atoms with Gasteiger partial charge in [-0.3, -0.25) is 4.79 Å². The predicted octanol–water partition coefficient (Wildman–Crippen LogP) is 4.54. The first-order valence-electron chi connectivity index (χ1n) is 7.13. The number of nitrogens with one attached hydrogen (secondary N) is 2. The molecule has 0 aliphatic heterocycles. The molecule has 0 saturated carbocycles. The molecule has 0 radical (unpaired) electrons. The summed E-state index contributed by atoms with van der Waals surface area (Å²) >= 11 is 6.14. The number of anilines is 1. The number of carbonyl (C=O) groups is 1. The Hall–Kier alpha value is -2.33. The van der Waals surface area contributed by atoms with Gasteiger partial charge in [-0.1, -0.05) is 30.7 Å². The van der Waals surface area contributed by atoms with Crippen LogP contribution in [0.5, 0.6) is 0 Å². The average Bonchev–Trinajstić information content (AvgIpc) is 2.90. The SMILES string of the molecule is CCC(=O)Nc1cccc(-c2nc3cc(Cl)c(C)cc3[nH]2)c1. The van der Waals surface area contributed by atoms with Crippen molar-refractivity contribution in [3.05, 3.63) is 47.0 Å². The first kappa shape index (κ1) is 14.6. The van der Waals surface area contributed by atoms with Gasteiger partial charge in [0.15, 0.2) is 0 Å². The molecule has 0 bridgehead atoms. The van der Waals surface area contributed by atoms with Crippen molar-refractivity contribution >= 4 is 34.2 Å². The molecular formula is C17H16ClN3O. The molecular weight excluding hydrogens is 298 g/mol. The van der Waals surface area contributed by atoms with Crippen LogP contribution < -0.4 is 5.32 Å². The highest BCUT2D eigenvalue weighted by molar-refractivity contribution is 6.32. The lowest BCUT2D eigenvalue weighted by atomic mass is 10.2. The second-order valence-corrected chi connectivity index (χ2v) is 5.59. The Kier molecular flexibility index (Phi) is 3.86. The van der Waals surface area contributed by atoms with E-state index in [-0.39, 0.29) is 5.91 Å². The molecule has 4 nitrogen and oxygen atoms in total. The number of halogens is 1. The number of aromatic amines is 1. The second kappa shape index (κ2) is 5.81. The highest BCUT2D eigenvalue weighted by Gasteiger charge is 2.08. The molecule has 5 heteroatoms. The zero-order chi connectivity index (χ0) is 15.7. The van der Waals surface area contributed by atoms with E-state index >= 15 is 0 Å². The lowest BCUT2D eigenvalue weighted by Gasteiger charge is -2.04. The van der Waals surface area contributed by atoms with E-state index in [1.165, 1.54) is 0 Å². The molecule has 0 fully saturated rings. The summed E-state index contributed by atoms with van der Waals surface area (Å²) in [4.78, 5) is 19.4. The maximum absolute atomic E-state index is 11.5. The zero-order valence-electron chi connectivity index (χ0n) is 12.4. The molecule has 3 aromatic rings. The summed E-state index contributed by atoms with van der Waals surface area (Å²) in [5.41, 5.74) is 4.46. The van der Waals surface area contributed by atoms with Crippen LogP contribution in [0, 0.1) is 6.92 Å². The smallest absolute Gasteiger partial charge is 0.224 e. The van der Waals surface area contributed by atoms with Gasteiger partial charge >= 0.3 is 0 Å². The molecule has 0 aliphatic carbocycles. The Bertz CT molecular complexity index is 815. The number of rotatable bonds is 3. The van der Waals surface area contributed by atoms with Gasteiger partial charge in [0.2, 0.25) is 5.91 Å². The number of hydrogen-bond acceptors (Lipinski definition) is 2. The molecule has 1 aromatic heterocycles. The predicted molar refractivity (Wildman–Crippen MR) is 90.2 cm³/mol. The third kappa shape index (κ3) is 2.83. The third-order valence-electron chi connectivity index (χ3n) is 3.50. The van der Waals surface area contributed by atoms with Gasteiger partial charge in [0.05, 0.1) is 11.0 Å². The standard InChI is InChI=1S/C17H16ClN3O/c1-3-16(22)19-12-6-4-5-11(8-12)17-20-14-7-10(2)13(18)9-15(14)21-17/h4-9H,3H2,1-2H3,(H,19,22)(H,20,21). The van der Waals surface area contributed by atoms with E-state index in [4.69, 9.17) is 11.6 Å². The lowest BCUT2D eigenvalue weighted by Crippen LogP contribution is -2.09. The van der Waals surface area contributed by atoms with Gasteiger partial charge in [-0.25, -0.2) is 4.98 Å². The Morgan fingerprint density at radius 2 is 2.14 bits per heavy atom. The largest absolute Gasteiger partial charge is 0.338 e. The van der Waals surface area contributed by atoms with Crippen LogP contribution in [0.3, 0.4) is 0 Å². The number of nitrogens with zero attached hydrogens (tertiary/aromatic N) is 1. The number of benzene rings is 2. The van der Waals surface area contributed by atoms with Crippen molar-refractivity contribution in [1.29, 1.82) is 0 Å². The minimum Gasteiger partial charge on any atom is -0.338 e. The van der Waals surface area contributed by atoms with Crippen LogP contribution in [0.25, 0.3) is 22.4 Å². The molecule has 22 heavy (non-hydrogen) atoms. The lowest BCUT2D eigenvalue weighted by molar-refractivity contribution is -0.115. The fourth-order valence-corrected chi connectivity index (χ4v) is 2.43. The Morgan fingerprint density at radius 1 is 1.32 bits per heavy atom. The first-order valence-corrected chi connectivity index (χ1v) is 7.51. The summed E-state index contributed by atoms with van der Waals surface area (Å²) in [6, 6.07) is 11.5. The van der Waals surface area contributed by atoms with E-state index in [1.807, 2.05) is 50.2 Å². The van der Waals surface area contributed by atoms with Gasteiger partial charge in [-0.15, -0.1) is 0 Å². The molecule has 0 spiro atoms. The van der Waals surface area contributed by atoms with Gasteiger partial charge in [-0.2, -0.15) is 0 Å². The summed E-state index contributed by atoms with van der Waals surface area (Å²) in [7, 11) is 0. The van der Waals surface area contributed by atoms with Crippen molar-refractivity contribution < 1.29 is 4.79 Å². The van der Waals surface area contributed by atoms with Crippen LogP contribution in [0.4, 0.5) is 5.69 Å². The van der Waals surface area contributed by atoms with Crippen molar-refractivity contribution in [1.82, 2.24) is 9.97 Å². The van der Waals surface area contributed by atoms with E-state index in [0.29, 0.717) is 11.4 Å². The number of amides is 1. The number of hydrogen-bond donors (Lipinski definition) is 2. The average molecular weight is 314 g/mol. The topological polar surface area (TPSA) is 57.8 Å². The maximum Gasteiger partial charge on any atom is 0.224 e. The van der Waals surface area contributed by atoms with Gasteiger partial charge in [0.1, 0.15) is 5.82 Å². The van der Waals surface area contributed by atoms with E-state index in [9.17, 15) is 4.79 Å². The molecule has 2 aromatic carbocycles. The van der Waals surface area contributed by atoms with Crippen molar-refractivity contribution in [2.75, 3.05) is 5.32 Å². The molecule has 0 atom stereocenters. The first-order chi connectivity index (χ1) is 10.6. The van der Waals surface area contributed by atoms with Crippen LogP contribution in [-0.2, 0) is 4.79 Å². The molecule has 0 unspecified atom stereocenters. The molecule has 2 N–H and O–H groups in total. The van der Waals surface area contributed by atoms with E-state index in [0.717, 1.165) is 33.7 Å². The molecule has 1 amide bonds. The fourth-order valence-electron chi connectivity index (χ4n) is 2.27. The third-order valence-corrected chi connectivity index (χ3v) is 3.91. The Labute approximate surface area is 133 Å². The van der Waals surface area contributed by atoms with Crippen LogP contribution in [0.1, 0.15) is 18.9 Å². The monoisotopic (exact) mass is 313 g/mol. The van der Waals surface area contributed by atoms with Crippen molar-refractivity contribution in [2.24, 2.45) is 0 Å². The van der Waals surface area contributed by atoms with E-state index < -0.39 is 0 Å². The minimum absolute atomic E-state index is 0.0100. The second-order valence-electron chi connectivity index (χ2n) is 5.19. The quantitative estimate of drug-likeness (QED) is 0.745. The summed E-state index contributed by atoms with van der Waals surface area (Å²) in [6.45, 7) is 3.79. The number of H-pyrrole nitrogens is 1. The van der Waals surface area contributed by atoms with Crippen molar-refractivity contribution in [2.45, 2.75) is 20.3 Å². The van der Waals surface area contributed by atoms with Gasteiger partial charge in [0, 0.05) is 22.7 Å². The number of imidazole rings is 1. The Morgan fingerprint density at radius 3 is 2.91 bits per heavy atom. The van der Waals surface area contributed by atoms with Crippen molar-refractivity contribution in [3.8, 4) is 11.4 Å². The summed E-state index contributed by atoms with van der Waals surface area (Å²) in [5, 5.41) is 3.56. The number of aromatic nitrogens is 2. The van der Waals surface area contributed by atoms with Crippen LogP contribution in [-0.4, -0.2) is 15.9 Å². The number of aryl methyl sites for hydroxylation is 1. The zero-order valence-corrected chi connectivity index (χ0v) is 13.2.